The summed E-state index contributed by atoms with van der Waals surface area (Å²) >= 11 is 0. The van der Waals surface area contributed by atoms with Crippen LogP contribution in [0.3, 0.4) is 0 Å². The molecule has 25 heavy (non-hydrogen) atoms. The van der Waals surface area contributed by atoms with Crippen molar-refractivity contribution in [2.45, 2.75) is 52.0 Å². The Hall–Kier alpha value is -2.35. The number of carbonyl (C=O) groups is 1. The van der Waals surface area contributed by atoms with Crippen LogP contribution < -0.4 is 5.32 Å². The number of aryl methyl sites for hydroxylation is 1. The van der Waals surface area contributed by atoms with Crippen molar-refractivity contribution in [2.75, 3.05) is 0 Å². The maximum absolute atomic E-state index is 12.1. The van der Waals surface area contributed by atoms with Gasteiger partial charge in [0.2, 0.25) is 5.91 Å². The Labute approximate surface area is 152 Å². The van der Waals surface area contributed by atoms with Crippen molar-refractivity contribution >= 4 is 12.0 Å². The van der Waals surface area contributed by atoms with E-state index >= 15 is 0 Å². The molecule has 2 nitrogen and oxygen atoms in total. The van der Waals surface area contributed by atoms with Crippen LogP contribution in [0.2, 0.25) is 0 Å². The number of amides is 1. The number of carbonyl (C=O) groups excluding carboxylic acids is 1. The highest BCUT2D eigenvalue weighted by Gasteiger charge is 2.12. The highest BCUT2D eigenvalue weighted by molar-refractivity contribution is 5.91. The molecule has 0 fully saturated rings. The van der Waals surface area contributed by atoms with Gasteiger partial charge in [0, 0.05) is 12.1 Å². The van der Waals surface area contributed by atoms with Crippen molar-refractivity contribution < 1.29 is 4.79 Å². The van der Waals surface area contributed by atoms with Gasteiger partial charge in [-0.25, -0.2) is 0 Å². The second kappa shape index (κ2) is 8.66. The minimum Gasteiger partial charge on any atom is -0.350 e. The molecule has 0 aliphatic rings. The van der Waals surface area contributed by atoms with Crippen LogP contribution in [0.25, 0.3) is 6.08 Å². The zero-order chi connectivity index (χ0) is 18.3. The summed E-state index contributed by atoms with van der Waals surface area (Å²) < 4.78 is 0. The van der Waals surface area contributed by atoms with Crippen LogP contribution in [0.1, 0.15) is 50.8 Å². The molecule has 132 valence electrons. The molecule has 0 aliphatic carbocycles. The molecular weight excluding hydrogens is 306 g/mol. The fraction of sp³-hybridized carbons (Fsp3) is 0.348. The fourth-order valence-corrected chi connectivity index (χ4v) is 2.66. The quantitative estimate of drug-likeness (QED) is 0.728. The predicted octanol–water partition coefficient (Wildman–Crippen LogP) is 5.13. The summed E-state index contributed by atoms with van der Waals surface area (Å²) in [6.07, 6.45) is 5.39. The zero-order valence-electron chi connectivity index (χ0n) is 15.8. The van der Waals surface area contributed by atoms with Gasteiger partial charge >= 0.3 is 0 Å². The van der Waals surface area contributed by atoms with Crippen LogP contribution in [-0.2, 0) is 16.6 Å². The normalized spacial score (nSPS) is 13.0. The molecule has 0 bridgehead atoms. The summed E-state index contributed by atoms with van der Waals surface area (Å²) in [5, 5.41) is 3.03. The summed E-state index contributed by atoms with van der Waals surface area (Å²) in [5.41, 5.74) is 3.79. The molecule has 0 spiro atoms. The van der Waals surface area contributed by atoms with Crippen molar-refractivity contribution in [3.05, 3.63) is 77.4 Å². The van der Waals surface area contributed by atoms with Gasteiger partial charge in [0.05, 0.1) is 0 Å². The molecule has 0 saturated carbocycles. The third-order valence-corrected chi connectivity index (χ3v) is 4.30. The number of hydrogen-bond donors (Lipinski definition) is 1. The number of nitrogens with one attached hydrogen (secondary N) is 1. The van der Waals surface area contributed by atoms with Crippen LogP contribution >= 0.6 is 0 Å². The van der Waals surface area contributed by atoms with Crippen LogP contribution in [0.5, 0.6) is 0 Å². The average Bonchev–Trinajstić information content (AvgIpc) is 2.59. The molecule has 0 aromatic heterocycles. The van der Waals surface area contributed by atoms with E-state index in [1.54, 1.807) is 6.08 Å². The van der Waals surface area contributed by atoms with Gasteiger partial charge in [-0.3, -0.25) is 4.79 Å². The second-order valence-electron chi connectivity index (χ2n) is 7.64. The minimum absolute atomic E-state index is 0.0412. The summed E-state index contributed by atoms with van der Waals surface area (Å²) in [4.78, 5) is 12.1. The summed E-state index contributed by atoms with van der Waals surface area (Å²) in [6.45, 7) is 8.64. The Bertz CT molecular complexity index is 693. The maximum Gasteiger partial charge on any atom is 0.244 e. The Morgan fingerprint density at radius 3 is 2.28 bits per heavy atom. The molecule has 1 N–H and O–H groups in total. The van der Waals surface area contributed by atoms with Gasteiger partial charge in [-0.05, 0) is 47.9 Å². The second-order valence-corrected chi connectivity index (χ2v) is 7.64. The molecular formula is C23H29NO. The van der Waals surface area contributed by atoms with Crippen molar-refractivity contribution in [1.29, 1.82) is 0 Å². The van der Waals surface area contributed by atoms with Gasteiger partial charge in [0.25, 0.3) is 0 Å². The minimum atomic E-state index is -0.0412. The maximum atomic E-state index is 12.1. The Kier molecular flexibility index (Phi) is 6.58. The van der Waals surface area contributed by atoms with Crippen LogP contribution in [0.15, 0.2) is 60.7 Å². The largest absolute Gasteiger partial charge is 0.350 e. The molecule has 1 amide bonds. The molecule has 0 aliphatic heterocycles. The third kappa shape index (κ3) is 6.58. The summed E-state index contributed by atoms with van der Waals surface area (Å²) in [6, 6.07) is 18.9. The molecule has 1 unspecified atom stereocenters. The molecule has 2 aromatic rings. The van der Waals surface area contributed by atoms with E-state index in [2.05, 4.69) is 62.5 Å². The van der Waals surface area contributed by atoms with Gasteiger partial charge in [0.15, 0.2) is 0 Å². The smallest absolute Gasteiger partial charge is 0.244 e. The number of benzene rings is 2. The molecule has 1 atom stereocenters. The molecule has 2 aromatic carbocycles. The lowest BCUT2D eigenvalue weighted by Gasteiger charge is -2.18. The monoisotopic (exact) mass is 335 g/mol. The van der Waals surface area contributed by atoms with E-state index in [1.807, 2.05) is 31.2 Å². The van der Waals surface area contributed by atoms with Crippen molar-refractivity contribution in [1.82, 2.24) is 5.32 Å². The van der Waals surface area contributed by atoms with Crippen LogP contribution in [0.4, 0.5) is 0 Å². The standard InChI is InChI=1S/C23H29NO/c1-18(10-11-19-8-6-5-7-9-19)24-22(25)17-14-20-12-15-21(16-13-20)23(2,3)4/h5-9,12-18H,10-11H2,1-4H3,(H,24,25)/b17-14+. The van der Waals surface area contributed by atoms with Crippen LogP contribution in [0, 0.1) is 0 Å². The van der Waals surface area contributed by atoms with Crippen molar-refractivity contribution in [2.24, 2.45) is 0 Å². The van der Waals surface area contributed by atoms with Crippen molar-refractivity contribution in [3.8, 4) is 0 Å². The predicted molar refractivity (Wildman–Crippen MR) is 107 cm³/mol. The van der Waals surface area contributed by atoms with E-state index in [4.69, 9.17) is 0 Å². The van der Waals surface area contributed by atoms with Gasteiger partial charge < -0.3 is 5.32 Å². The SMILES string of the molecule is CC(CCc1ccccc1)NC(=O)/C=C/c1ccc(C(C)(C)C)cc1. The van der Waals surface area contributed by atoms with Gasteiger partial charge in [-0.15, -0.1) is 0 Å². The van der Waals surface area contributed by atoms with E-state index in [9.17, 15) is 4.79 Å². The lowest BCUT2D eigenvalue weighted by Crippen LogP contribution is -2.31. The summed E-state index contributed by atoms with van der Waals surface area (Å²) in [7, 11) is 0. The number of hydrogen-bond acceptors (Lipinski definition) is 1. The lowest BCUT2D eigenvalue weighted by molar-refractivity contribution is -0.117. The van der Waals surface area contributed by atoms with E-state index < -0.39 is 0 Å². The Morgan fingerprint density at radius 1 is 1.04 bits per heavy atom. The fourth-order valence-electron chi connectivity index (χ4n) is 2.66. The topological polar surface area (TPSA) is 29.1 Å². The van der Waals surface area contributed by atoms with Crippen molar-refractivity contribution in [3.63, 3.8) is 0 Å². The first-order valence-corrected chi connectivity index (χ1v) is 8.97. The highest BCUT2D eigenvalue weighted by Crippen LogP contribution is 2.22. The first kappa shape index (κ1) is 19.0. The third-order valence-electron chi connectivity index (χ3n) is 4.30. The lowest BCUT2D eigenvalue weighted by atomic mass is 9.87. The molecule has 2 rings (SSSR count). The van der Waals surface area contributed by atoms with Gasteiger partial charge in [-0.1, -0.05) is 75.4 Å². The Morgan fingerprint density at radius 2 is 1.68 bits per heavy atom. The Balaban J connectivity index is 1.81. The molecule has 0 saturated heterocycles. The number of rotatable bonds is 6. The van der Waals surface area contributed by atoms with Gasteiger partial charge in [0.1, 0.15) is 0 Å². The van der Waals surface area contributed by atoms with E-state index in [0.29, 0.717) is 0 Å². The van der Waals surface area contributed by atoms with Gasteiger partial charge in [-0.2, -0.15) is 0 Å². The average molecular weight is 335 g/mol. The van der Waals surface area contributed by atoms with E-state index in [0.717, 1.165) is 18.4 Å². The molecule has 0 heterocycles. The summed E-state index contributed by atoms with van der Waals surface area (Å²) in [5.74, 6) is -0.0412. The first-order valence-electron chi connectivity index (χ1n) is 8.97. The highest BCUT2D eigenvalue weighted by atomic mass is 16.1. The molecule has 2 heteroatoms. The first-order chi connectivity index (χ1) is 11.8. The van der Waals surface area contributed by atoms with Crippen LogP contribution in [-0.4, -0.2) is 11.9 Å². The molecule has 0 radical (unpaired) electrons. The van der Waals surface area contributed by atoms with E-state index in [-0.39, 0.29) is 17.4 Å². The zero-order valence-corrected chi connectivity index (χ0v) is 15.8. The van der Waals surface area contributed by atoms with E-state index in [1.165, 1.54) is 11.1 Å².